The molecule has 0 aromatic heterocycles. The van der Waals surface area contributed by atoms with Gasteiger partial charge in [0.2, 0.25) is 5.91 Å². The average Bonchev–Trinajstić information content (AvgIpc) is 2.90. The van der Waals surface area contributed by atoms with Crippen molar-refractivity contribution < 1.29 is 26.8 Å². The van der Waals surface area contributed by atoms with Crippen molar-refractivity contribution >= 4 is 22.6 Å². The van der Waals surface area contributed by atoms with Crippen molar-refractivity contribution in [1.29, 1.82) is 0 Å². The molecule has 0 bridgehead atoms. The third-order valence-corrected chi connectivity index (χ3v) is 6.68. The monoisotopic (exact) mass is 586 g/mol. The van der Waals surface area contributed by atoms with Gasteiger partial charge in [-0.3, -0.25) is 9.35 Å². The first-order chi connectivity index (χ1) is 19.2. The fraction of sp³-hybridized carbons (Fsp3) is 0.742. The van der Waals surface area contributed by atoms with Gasteiger partial charge in [-0.2, -0.15) is 17.8 Å². The lowest BCUT2D eigenvalue weighted by atomic mass is 10.0. The first-order valence-electron chi connectivity index (χ1n) is 15.3. The Labute approximate surface area is 245 Å². The number of nitrogens with two attached hydrogens (primary N) is 1. The summed E-state index contributed by atoms with van der Waals surface area (Å²) in [5.74, 6) is -0.153. The van der Waals surface area contributed by atoms with E-state index in [1.54, 1.807) is 0 Å². The van der Waals surface area contributed by atoms with Crippen molar-refractivity contribution in [2.75, 3.05) is 13.6 Å². The minimum atomic E-state index is -4.33. The van der Waals surface area contributed by atoms with Gasteiger partial charge >= 0.3 is 10.4 Å². The molecule has 1 rings (SSSR count). The van der Waals surface area contributed by atoms with Crippen LogP contribution in [-0.2, 0) is 30.7 Å². The number of hydroxylamine groups is 2. The van der Waals surface area contributed by atoms with Crippen LogP contribution in [0, 0.1) is 0 Å². The number of nitrogens with zero attached hydrogens (tertiary/aromatic N) is 1. The second-order valence-corrected chi connectivity index (χ2v) is 11.2. The molecule has 0 aliphatic heterocycles. The number of benzene rings is 1. The number of aldehydes is 1. The van der Waals surface area contributed by atoms with E-state index in [9.17, 15) is 18.0 Å². The molecule has 0 saturated heterocycles. The van der Waals surface area contributed by atoms with Gasteiger partial charge in [-0.25, -0.2) is 0 Å². The minimum Gasteiger partial charge on any atom is -0.370 e. The molecule has 0 atom stereocenters. The molecule has 234 valence electrons. The fourth-order valence-electron chi connectivity index (χ4n) is 3.96. The van der Waals surface area contributed by atoms with E-state index in [1.165, 1.54) is 96.9 Å². The van der Waals surface area contributed by atoms with Crippen LogP contribution in [0.4, 0.5) is 0 Å². The minimum absolute atomic E-state index is 0.153. The highest BCUT2D eigenvalue weighted by atomic mass is 32.3. The number of amides is 1. The molecular weight excluding hydrogens is 528 g/mol. The van der Waals surface area contributed by atoms with Crippen molar-refractivity contribution in [3.05, 3.63) is 35.9 Å². The maximum absolute atomic E-state index is 10.6. The normalized spacial score (nSPS) is 10.8. The zero-order valence-electron chi connectivity index (χ0n) is 25.5. The number of rotatable bonds is 23. The lowest BCUT2D eigenvalue weighted by Gasteiger charge is -2.11. The first-order valence-corrected chi connectivity index (χ1v) is 16.7. The predicted octanol–water partition coefficient (Wildman–Crippen LogP) is 7.61. The van der Waals surface area contributed by atoms with E-state index in [0.29, 0.717) is 19.4 Å². The molecule has 0 heterocycles. The topological polar surface area (TPSA) is 127 Å². The second kappa shape index (κ2) is 30.2. The zero-order valence-corrected chi connectivity index (χ0v) is 26.3. The van der Waals surface area contributed by atoms with E-state index in [0.717, 1.165) is 36.2 Å². The molecule has 40 heavy (non-hydrogen) atoms. The van der Waals surface area contributed by atoms with E-state index in [4.69, 9.17) is 10.3 Å². The molecule has 1 aromatic rings. The summed E-state index contributed by atoms with van der Waals surface area (Å²) in [4.78, 5) is 20.5. The molecule has 0 spiro atoms. The van der Waals surface area contributed by atoms with Crippen molar-refractivity contribution in [2.24, 2.45) is 5.73 Å². The number of unbranched alkanes of at least 4 members (excludes halogenated alkanes) is 15. The summed E-state index contributed by atoms with van der Waals surface area (Å²) < 4.78 is 32.5. The van der Waals surface area contributed by atoms with Crippen LogP contribution < -0.4 is 5.73 Å². The van der Waals surface area contributed by atoms with Gasteiger partial charge in [-0.1, -0.05) is 140 Å². The lowest BCUT2D eigenvalue weighted by molar-refractivity contribution is -0.118. The average molecular weight is 587 g/mol. The van der Waals surface area contributed by atoms with E-state index < -0.39 is 10.4 Å². The summed E-state index contributed by atoms with van der Waals surface area (Å²) in [6.45, 7) is 4.73. The van der Waals surface area contributed by atoms with E-state index in [1.807, 2.05) is 37.3 Å². The van der Waals surface area contributed by atoms with Crippen LogP contribution in [0.2, 0.25) is 0 Å². The highest BCUT2D eigenvalue weighted by Gasteiger charge is 2.08. The number of hydrogen-bond donors (Lipinski definition) is 2. The Kier molecular flexibility index (Phi) is 30.4. The molecule has 0 aliphatic rings. The Morgan fingerprint density at radius 3 is 1.60 bits per heavy atom. The molecule has 1 aromatic carbocycles. The summed E-state index contributed by atoms with van der Waals surface area (Å²) >= 11 is 0. The quantitative estimate of drug-likeness (QED) is 0.0584. The van der Waals surface area contributed by atoms with Gasteiger partial charge in [0, 0.05) is 26.4 Å². The van der Waals surface area contributed by atoms with Crippen LogP contribution in [0.1, 0.15) is 135 Å². The first kappa shape index (κ1) is 40.3. The molecule has 9 heteroatoms. The van der Waals surface area contributed by atoms with Gasteiger partial charge in [0.05, 0.1) is 0 Å². The van der Waals surface area contributed by atoms with Gasteiger partial charge in [0.1, 0.15) is 6.29 Å². The standard InChI is InChI=1S/C18H37NO.C8H8O.C5H13NO4S/c1-2-3-4-5-6-7-8-9-10-11-12-13-14-15-16-17-18(19)20;9-7-6-8-4-2-1-3-5-8;1-3-4-5-6(2)10-11(7,8)9/h2-17H2,1H3,(H2,19,20);1-5,7H,6H2;3-5H2,1-2H3,(H,7,8,9). The summed E-state index contributed by atoms with van der Waals surface area (Å²) in [5.41, 5.74) is 6.18. The molecule has 0 saturated carbocycles. The molecular formula is C31H58N2O6S. The largest absolute Gasteiger partial charge is 0.413 e. The maximum Gasteiger partial charge on any atom is 0.413 e. The molecule has 0 aliphatic carbocycles. The van der Waals surface area contributed by atoms with Crippen molar-refractivity contribution in [3.8, 4) is 0 Å². The SMILES string of the molecule is CCCCCCCCCCCCCCCCCC(N)=O.CCCCN(C)OS(=O)(=O)O.O=CCc1ccccc1. The Morgan fingerprint density at radius 1 is 0.800 bits per heavy atom. The van der Waals surface area contributed by atoms with Crippen LogP contribution in [-0.4, -0.2) is 43.8 Å². The van der Waals surface area contributed by atoms with Crippen molar-refractivity contribution in [1.82, 2.24) is 5.06 Å². The van der Waals surface area contributed by atoms with Crippen LogP contribution in [0.5, 0.6) is 0 Å². The van der Waals surface area contributed by atoms with Gasteiger partial charge in [-0.15, -0.1) is 0 Å². The molecule has 0 fully saturated rings. The zero-order chi connectivity index (χ0) is 30.3. The van der Waals surface area contributed by atoms with Gasteiger partial charge in [-0.05, 0) is 18.4 Å². The van der Waals surface area contributed by atoms with E-state index >= 15 is 0 Å². The van der Waals surface area contributed by atoms with Crippen LogP contribution in [0.25, 0.3) is 0 Å². The molecule has 0 unspecified atom stereocenters. The molecule has 8 nitrogen and oxygen atoms in total. The molecule has 3 N–H and O–H groups in total. The van der Waals surface area contributed by atoms with Gasteiger partial charge < -0.3 is 10.5 Å². The van der Waals surface area contributed by atoms with Crippen LogP contribution in [0.3, 0.4) is 0 Å². The van der Waals surface area contributed by atoms with E-state index in [2.05, 4.69) is 11.2 Å². The van der Waals surface area contributed by atoms with Crippen molar-refractivity contribution in [2.45, 2.75) is 136 Å². The smallest absolute Gasteiger partial charge is 0.370 e. The second-order valence-electron chi connectivity index (χ2n) is 10.2. The summed E-state index contributed by atoms with van der Waals surface area (Å²) in [6.07, 6.45) is 24.1. The predicted molar refractivity (Wildman–Crippen MR) is 165 cm³/mol. The Hall–Kier alpha value is -1.81. The molecule has 1 amide bonds. The van der Waals surface area contributed by atoms with E-state index in [-0.39, 0.29) is 5.91 Å². The Morgan fingerprint density at radius 2 is 1.23 bits per heavy atom. The van der Waals surface area contributed by atoms with Crippen molar-refractivity contribution in [3.63, 3.8) is 0 Å². The lowest BCUT2D eigenvalue weighted by Crippen LogP contribution is -2.23. The van der Waals surface area contributed by atoms with Gasteiger partial charge in [0.25, 0.3) is 0 Å². The third kappa shape index (κ3) is 36.2. The fourth-order valence-corrected chi connectivity index (χ4v) is 4.36. The number of carbonyl (C=O) groups is 2. The Bertz CT molecular complexity index is 790. The number of hydrogen-bond acceptors (Lipinski definition) is 6. The number of carbonyl (C=O) groups excluding carboxylic acids is 2. The van der Waals surface area contributed by atoms with Crippen LogP contribution >= 0.6 is 0 Å². The van der Waals surface area contributed by atoms with Crippen LogP contribution in [0.15, 0.2) is 30.3 Å². The summed E-state index contributed by atoms with van der Waals surface area (Å²) in [6, 6.07) is 9.68. The number of primary amides is 1. The third-order valence-electron chi connectivity index (χ3n) is 6.24. The highest BCUT2D eigenvalue weighted by Crippen LogP contribution is 2.13. The highest BCUT2D eigenvalue weighted by molar-refractivity contribution is 7.80. The maximum atomic E-state index is 10.6. The Balaban J connectivity index is 0. The summed E-state index contributed by atoms with van der Waals surface area (Å²) in [5, 5.41) is 1.08. The van der Waals surface area contributed by atoms with Gasteiger partial charge in [0.15, 0.2) is 0 Å². The summed E-state index contributed by atoms with van der Waals surface area (Å²) in [7, 11) is -2.88. The molecule has 0 radical (unpaired) electrons.